The molecular weight excluding hydrogens is 224 g/mol. The lowest BCUT2D eigenvalue weighted by Crippen LogP contribution is -2.44. The van der Waals surface area contributed by atoms with Crippen molar-refractivity contribution in [3.8, 4) is 0 Å². The zero-order valence-corrected chi connectivity index (χ0v) is 12.9. The van der Waals surface area contributed by atoms with Gasteiger partial charge in [-0.05, 0) is 39.5 Å². The van der Waals surface area contributed by atoms with Crippen molar-refractivity contribution in [2.24, 2.45) is 5.92 Å². The molecule has 0 spiro atoms. The maximum absolute atomic E-state index is 5.71. The normalized spacial score (nSPS) is 22.3. The second kappa shape index (κ2) is 8.13. The molecule has 2 atom stereocenters. The van der Waals surface area contributed by atoms with Crippen molar-refractivity contribution in [2.45, 2.75) is 65.6 Å². The highest BCUT2D eigenvalue weighted by atomic mass is 16.5. The molecule has 3 heteroatoms. The molecule has 1 aliphatic heterocycles. The molecule has 18 heavy (non-hydrogen) atoms. The summed E-state index contributed by atoms with van der Waals surface area (Å²) in [7, 11) is 0. The van der Waals surface area contributed by atoms with Gasteiger partial charge in [0.2, 0.25) is 0 Å². The molecule has 0 radical (unpaired) electrons. The third-order valence-electron chi connectivity index (χ3n) is 3.72. The van der Waals surface area contributed by atoms with E-state index in [0.717, 1.165) is 25.6 Å². The van der Waals surface area contributed by atoms with Crippen LogP contribution in [0, 0.1) is 5.92 Å². The number of rotatable bonds is 8. The van der Waals surface area contributed by atoms with Gasteiger partial charge >= 0.3 is 0 Å². The van der Waals surface area contributed by atoms with Crippen LogP contribution in [0.1, 0.15) is 47.5 Å². The Hall–Kier alpha value is -0.120. The minimum Gasteiger partial charge on any atom is -0.377 e. The fourth-order valence-corrected chi connectivity index (χ4v) is 2.59. The molecule has 0 aliphatic carbocycles. The third kappa shape index (κ3) is 5.68. The van der Waals surface area contributed by atoms with Gasteiger partial charge in [0.1, 0.15) is 0 Å². The molecule has 108 valence electrons. The molecule has 0 aromatic carbocycles. The van der Waals surface area contributed by atoms with E-state index in [1.54, 1.807) is 0 Å². The van der Waals surface area contributed by atoms with E-state index in [4.69, 9.17) is 4.74 Å². The third-order valence-corrected chi connectivity index (χ3v) is 3.72. The Bertz CT molecular complexity index is 213. The molecule has 0 aromatic rings. The molecule has 1 saturated heterocycles. The fourth-order valence-electron chi connectivity index (χ4n) is 2.59. The molecule has 3 nitrogen and oxygen atoms in total. The maximum atomic E-state index is 5.71. The standard InChI is InChI=1S/C15H32N2O/c1-12(2)11-17(13(3)4)9-8-16-14(5)15-7-6-10-18-15/h12-16H,6-11H2,1-5H3. The largest absolute Gasteiger partial charge is 0.377 e. The number of hydrogen-bond donors (Lipinski definition) is 1. The van der Waals surface area contributed by atoms with Gasteiger partial charge in [-0.15, -0.1) is 0 Å². The zero-order chi connectivity index (χ0) is 13.5. The van der Waals surface area contributed by atoms with Crippen LogP contribution in [0.4, 0.5) is 0 Å². The molecule has 1 fully saturated rings. The van der Waals surface area contributed by atoms with E-state index in [0.29, 0.717) is 18.2 Å². The van der Waals surface area contributed by atoms with Gasteiger partial charge in [0.05, 0.1) is 6.10 Å². The van der Waals surface area contributed by atoms with Crippen LogP contribution in [0.15, 0.2) is 0 Å². The summed E-state index contributed by atoms with van der Waals surface area (Å²) in [6.45, 7) is 15.7. The van der Waals surface area contributed by atoms with E-state index in [1.807, 2.05) is 0 Å². The van der Waals surface area contributed by atoms with Crippen LogP contribution in [-0.2, 0) is 4.74 Å². The van der Waals surface area contributed by atoms with Crippen LogP contribution in [-0.4, -0.2) is 49.3 Å². The predicted octanol–water partition coefficient (Wildman–Crippen LogP) is 2.51. The average molecular weight is 256 g/mol. The minimum absolute atomic E-state index is 0.433. The summed E-state index contributed by atoms with van der Waals surface area (Å²) in [6, 6.07) is 1.12. The first-order valence-electron chi connectivity index (χ1n) is 7.59. The summed E-state index contributed by atoms with van der Waals surface area (Å²) in [5.41, 5.74) is 0. The molecular formula is C15H32N2O. The maximum Gasteiger partial charge on any atom is 0.0726 e. The molecule has 1 heterocycles. The Kier molecular flexibility index (Phi) is 7.20. The summed E-state index contributed by atoms with van der Waals surface area (Å²) in [4.78, 5) is 2.56. The van der Waals surface area contributed by atoms with Crippen molar-refractivity contribution in [1.82, 2.24) is 10.2 Å². The molecule has 1 N–H and O–H groups in total. The lowest BCUT2D eigenvalue weighted by Gasteiger charge is -2.29. The highest BCUT2D eigenvalue weighted by Crippen LogP contribution is 2.15. The van der Waals surface area contributed by atoms with Crippen LogP contribution < -0.4 is 5.32 Å². The summed E-state index contributed by atoms with van der Waals surface area (Å²) >= 11 is 0. The van der Waals surface area contributed by atoms with Crippen LogP contribution in [0.3, 0.4) is 0 Å². The van der Waals surface area contributed by atoms with Gasteiger partial charge in [0.15, 0.2) is 0 Å². The molecule has 1 aliphatic rings. The number of ether oxygens (including phenoxy) is 1. The predicted molar refractivity (Wildman–Crippen MR) is 78.0 cm³/mol. The first-order valence-corrected chi connectivity index (χ1v) is 7.59. The van der Waals surface area contributed by atoms with Gasteiger partial charge in [0, 0.05) is 38.3 Å². The summed E-state index contributed by atoms with van der Waals surface area (Å²) in [5, 5.41) is 3.62. The quantitative estimate of drug-likeness (QED) is 0.722. The van der Waals surface area contributed by atoms with Crippen LogP contribution in [0.2, 0.25) is 0 Å². The Labute approximate surface area is 113 Å². The number of hydrogen-bond acceptors (Lipinski definition) is 3. The van der Waals surface area contributed by atoms with Crippen molar-refractivity contribution >= 4 is 0 Å². The van der Waals surface area contributed by atoms with Crippen LogP contribution in [0.5, 0.6) is 0 Å². The van der Waals surface area contributed by atoms with Crippen molar-refractivity contribution in [1.29, 1.82) is 0 Å². The van der Waals surface area contributed by atoms with E-state index >= 15 is 0 Å². The van der Waals surface area contributed by atoms with Crippen molar-refractivity contribution < 1.29 is 4.74 Å². The Balaban J connectivity index is 2.20. The Morgan fingerprint density at radius 3 is 2.44 bits per heavy atom. The molecule has 1 rings (SSSR count). The Morgan fingerprint density at radius 2 is 1.94 bits per heavy atom. The van der Waals surface area contributed by atoms with E-state index in [2.05, 4.69) is 44.8 Å². The van der Waals surface area contributed by atoms with E-state index in [-0.39, 0.29) is 0 Å². The second-order valence-electron chi connectivity index (χ2n) is 6.28. The summed E-state index contributed by atoms with van der Waals surface area (Å²) < 4.78 is 5.71. The lowest BCUT2D eigenvalue weighted by molar-refractivity contribution is 0.0817. The highest BCUT2D eigenvalue weighted by molar-refractivity contribution is 4.77. The molecule has 0 amide bonds. The molecule has 0 saturated carbocycles. The monoisotopic (exact) mass is 256 g/mol. The molecule has 0 bridgehead atoms. The average Bonchev–Trinajstić information content (AvgIpc) is 2.80. The number of nitrogens with one attached hydrogen (secondary N) is 1. The zero-order valence-electron chi connectivity index (χ0n) is 12.9. The summed E-state index contributed by atoms with van der Waals surface area (Å²) in [5.74, 6) is 0.739. The van der Waals surface area contributed by atoms with Gasteiger partial charge in [-0.2, -0.15) is 0 Å². The van der Waals surface area contributed by atoms with Gasteiger partial charge in [0.25, 0.3) is 0 Å². The Morgan fingerprint density at radius 1 is 1.22 bits per heavy atom. The second-order valence-corrected chi connectivity index (χ2v) is 6.28. The van der Waals surface area contributed by atoms with Gasteiger partial charge in [-0.1, -0.05) is 13.8 Å². The van der Waals surface area contributed by atoms with Crippen molar-refractivity contribution in [3.63, 3.8) is 0 Å². The highest BCUT2D eigenvalue weighted by Gasteiger charge is 2.22. The summed E-state index contributed by atoms with van der Waals surface area (Å²) in [6.07, 6.45) is 2.87. The van der Waals surface area contributed by atoms with Gasteiger partial charge in [-0.3, -0.25) is 4.90 Å². The topological polar surface area (TPSA) is 24.5 Å². The fraction of sp³-hybridized carbons (Fsp3) is 1.00. The first kappa shape index (κ1) is 15.9. The van der Waals surface area contributed by atoms with Gasteiger partial charge < -0.3 is 10.1 Å². The van der Waals surface area contributed by atoms with E-state index in [9.17, 15) is 0 Å². The van der Waals surface area contributed by atoms with E-state index in [1.165, 1.54) is 19.4 Å². The molecule has 0 aromatic heterocycles. The van der Waals surface area contributed by atoms with Crippen molar-refractivity contribution in [2.75, 3.05) is 26.2 Å². The lowest BCUT2D eigenvalue weighted by atomic mass is 10.1. The minimum atomic E-state index is 0.433. The van der Waals surface area contributed by atoms with E-state index < -0.39 is 0 Å². The van der Waals surface area contributed by atoms with Crippen LogP contribution in [0.25, 0.3) is 0 Å². The van der Waals surface area contributed by atoms with Gasteiger partial charge in [-0.25, -0.2) is 0 Å². The van der Waals surface area contributed by atoms with Crippen LogP contribution >= 0.6 is 0 Å². The molecule has 2 unspecified atom stereocenters. The SMILES string of the molecule is CC(C)CN(CCNC(C)C1CCCO1)C(C)C. The van der Waals surface area contributed by atoms with Crippen molar-refractivity contribution in [3.05, 3.63) is 0 Å². The number of nitrogens with zero attached hydrogens (tertiary/aromatic N) is 1. The first-order chi connectivity index (χ1) is 8.50. The smallest absolute Gasteiger partial charge is 0.0726 e.